The predicted octanol–water partition coefficient (Wildman–Crippen LogP) is 3.44. The predicted molar refractivity (Wildman–Crippen MR) is 100 cm³/mol. The third-order valence-corrected chi connectivity index (χ3v) is 4.82. The third kappa shape index (κ3) is 4.27. The highest BCUT2D eigenvalue weighted by molar-refractivity contribution is 7.13. The second-order valence-corrected chi connectivity index (χ2v) is 6.74. The molecule has 136 valence electrons. The number of hydrogen-bond acceptors (Lipinski definition) is 7. The number of methoxy groups -OCH3 is 1. The van der Waals surface area contributed by atoms with E-state index in [-0.39, 0.29) is 18.5 Å². The fourth-order valence-electron chi connectivity index (χ4n) is 2.33. The van der Waals surface area contributed by atoms with Crippen LogP contribution in [0.4, 0.5) is 5.69 Å². The molecule has 0 aliphatic rings. The lowest BCUT2D eigenvalue weighted by molar-refractivity contribution is -0.117. The van der Waals surface area contributed by atoms with Crippen LogP contribution < -0.4 is 10.1 Å². The highest BCUT2D eigenvalue weighted by Crippen LogP contribution is 2.26. The summed E-state index contributed by atoms with van der Waals surface area (Å²) in [6, 6.07) is 10.9. The van der Waals surface area contributed by atoms with E-state index < -0.39 is 0 Å². The molecule has 0 aliphatic heterocycles. The smallest absolute Gasteiger partial charge is 0.257 e. The molecular weight excluding hydrogens is 352 g/mol. The molecule has 0 saturated heterocycles. The van der Waals surface area contributed by atoms with Crippen LogP contribution in [0.3, 0.4) is 0 Å². The average Bonchev–Trinajstić information content (AvgIpc) is 3.33. The van der Waals surface area contributed by atoms with Gasteiger partial charge in [0.25, 0.3) is 5.89 Å². The lowest BCUT2D eigenvalue weighted by atomic mass is 10.2. The van der Waals surface area contributed by atoms with Crippen LogP contribution in [0.1, 0.15) is 18.9 Å². The van der Waals surface area contributed by atoms with E-state index in [1.165, 1.54) is 0 Å². The van der Waals surface area contributed by atoms with E-state index in [1.54, 1.807) is 42.7 Å². The van der Waals surface area contributed by atoms with Crippen LogP contribution in [-0.4, -0.2) is 41.7 Å². The molecule has 1 atom stereocenters. The van der Waals surface area contributed by atoms with Crippen molar-refractivity contribution in [1.82, 2.24) is 15.1 Å². The maximum absolute atomic E-state index is 12.3. The van der Waals surface area contributed by atoms with Gasteiger partial charge in [-0.25, -0.2) is 0 Å². The summed E-state index contributed by atoms with van der Waals surface area (Å²) in [7, 11) is 3.44. The van der Waals surface area contributed by atoms with Crippen molar-refractivity contribution in [1.29, 1.82) is 0 Å². The van der Waals surface area contributed by atoms with Gasteiger partial charge in [-0.15, -0.1) is 21.5 Å². The van der Waals surface area contributed by atoms with Crippen molar-refractivity contribution >= 4 is 22.9 Å². The monoisotopic (exact) mass is 372 g/mol. The quantitative estimate of drug-likeness (QED) is 0.684. The van der Waals surface area contributed by atoms with Gasteiger partial charge in [0.15, 0.2) is 0 Å². The number of carbonyl (C=O) groups excluding carboxylic acids is 1. The van der Waals surface area contributed by atoms with Gasteiger partial charge in [-0.3, -0.25) is 9.69 Å². The summed E-state index contributed by atoms with van der Waals surface area (Å²) in [4.78, 5) is 15.0. The minimum Gasteiger partial charge on any atom is -0.497 e. The second-order valence-electron chi connectivity index (χ2n) is 5.79. The molecule has 7 nitrogen and oxygen atoms in total. The van der Waals surface area contributed by atoms with Crippen molar-refractivity contribution in [2.75, 3.05) is 26.0 Å². The van der Waals surface area contributed by atoms with Crippen molar-refractivity contribution in [2.45, 2.75) is 13.0 Å². The first kappa shape index (κ1) is 18.1. The van der Waals surface area contributed by atoms with Gasteiger partial charge in [0, 0.05) is 5.69 Å². The molecule has 26 heavy (non-hydrogen) atoms. The minimum atomic E-state index is -0.183. The number of rotatable bonds is 7. The Bertz CT molecular complexity index is 846. The number of carbonyl (C=O) groups is 1. The lowest BCUT2D eigenvalue weighted by Gasteiger charge is -2.21. The summed E-state index contributed by atoms with van der Waals surface area (Å²) in [6.45, 7) is 2.12. The molecule has 1 amide bonds. The first-order valence-corrected chi connectivity index (χ1v) is 8.96. The van der Waals surface area contributed by atoms with Gasteiger partial charge in [-0.2, -0.15) is 0 Å². The van der Waals surface area contributed by atoms with Gasteiger partial charge in [0.2, 0.25) is 11.8 Å². The highest BCUT2D eigenvalue weighted by atomic mass is 32.1. The molecule has 2 aromatic heterocycles. The molecule has 0 spiro atoms. The number of hydrogen-bond donors (Lipinski definition) is 1. The van der Waals surface area contributed by atoms with Gasteiger partial charge in [-0.05, 0) is 49.7 Å². The molecule has 8 heteroatoms. The Kier molecular flexibility index (Phi) is 5.65. The van der Waals surface area contributed by atoms with Crippen molar-refractivity contribution in [2.24, 2.45) is 0 Å². The fourth-order valence-corrected chi connectivity index (χ4v) is 2.97. The van der Waals surface area contributed by atoms with Crippen LogP contribution >= 0.6 is 11.3 Å². The van der Waals surface area contributed by atoms with Gasteiger partial charge < -0.3 is 14.5 Å². The van der Waals surface area contributed by atoms with E-state index in [9.17, 15) is 4.79 Å². The van der Waals surface area contributed by atoms with Crippen molar-refractivity contribution < 1.29 is 13.9 Å². The van der Waals surface area contributed by atoms with Gasteiger partial charge >= 0.3 is 0 Å². The summed E-state index contributed by atoms with van der Waals surface area (Å²) in [5.74, 6) is 1.60. The lowest BCUT2D eigenvalue weighted by Crippen LogP contribution is -2.32. The zero-order chi connectivity index (χ0) is 18.5. The molecule has 0 radical (unpaired) electrons. The van der Waals surface area contributed by atoms with Gasteiger partial charge in [0.1, 0.15) is 5.75 Å². The van der Waals surface area contributed by atoms with Crippen LogP contribution in [0, 0.1) is 0 Å². The van der Waals surface area contributed by atoms with Gasteiger partial charge in [-0.1, -0.05) is 6.07 Å². The summed E-state index contributed by atoms with van der Waals surface area (Å²) >= 11 is 1.54. The zero-order valence-electron chi connectivity index (χ0n) is 14.8. The first-order chi connectivity index (χ1) is 12.6. The number of likely N-dealkylation sites (N-methyl/N-ethyl adjacent to an activating group) is 1. The van der Waals surface area contributed by atoms with Crippen LogP contribution in [-0.2, 0) is 4.79 Å². The fraction of sp³-hybridized carbons (Fsp3) is 0.278. The molecule has 0 fully saturated rings. The number of aromatic nitrogens is 2. The molecule has 3 rings (SSSR count). The number of amides is 1. The second kappa shape index (κ2) is 8.11. The van der Waals surface area contributed by atoms with E-state index in [0.29, 0.717) is 11.8 Å². The Morgan fingerprint density at radius 2 is 2.08 bits per heavy atom. The normalized spacial score (nSPS) is 12.2. The molecular formula is C18H20N4O3S. The van der Waals surface area contributed by atoms with Crippen LogP contribution in [0.2, 0.25) is 0 Å². The largest absolute Gasteiger partial charge is 0.497 e. The molecule has 0 saturated carbocycles. The maximum Gasteiger partial charge on any atom is 0.257 e. The van der Waals surface area contributed by atoms with Crippen LogP contribution in [0.5, 0.6) is 5.75 Å². The zero-order valence-corrected chi connectivity index (χ0v) is 15.6. The molecule has 0 bridgehead atoms. The third-order valence-electron chi connectivity index (χ3n) is 3.96. The van der Waals surface area contributed by atoms with E-state index >= 15 is 0 Å². The number of ether oxygens (including phenoxy) is 1. The average molecular weight is 372 g/mol. The van der Waals surface area contributed by atoms with E-state index in [0.717, 1.165) is 16.3 Å². The Hall–Kier alpha value is -2.71. The number of thiophene rings is 1. The SMILES string of the molecule is COc1ccc(NC(=O)CN(C)C(C)c2nnc(-c3cccs3)o2)cc1. The molecule has 3 aromatic rings. The number of benzene rings is 1. The number of anilines is 1. The Morgan fingerprint density at radius 3 is 2.73 bits per heavy atom. The first-order valence-electron chi connectivity index (χ1n) is 8.08. The summed E-state index contributed by atoms with van der Waals surface area (Å²) in [5.41, 5.74) is 0.717. The summed E-state index contributed by atoms with van der Waals surface area (Å²) < 4.78 is 10.8. The Labute approximate surface area is 155 Å². The molecule has 1 N–H and O–H groups in total. The Morgan fingerprint density at radius 1 is 1.31 bits per heavy atom. The van der Waals surface area contributed by atoms with E-state index in [4.69, 9.17) is 9.15 Å². The Balaban J connectivity index is 1.58. The van der Waals surface area contributed by atoms with Crippen LogP contribution in [0.25, 0.3) is 10.8 Å². The standard InChI is InChI=1S/C18H20N4O3S/c1-12(17-20-21-18(25-17)15-5-4-10-26-15)22(2)11-16(23)19-13-6-8-14(24-3)9-7-13/h4-10,12H,11H2,1-3H3,(H,19,23). The molecule has 0 aliphatic carbocycles. The van der Waals surface area contributed by atoms with Crippen molar-refractivity contribution in [3.63, 3.8) is 0 Å². The van der Waals surface area contributed by atoms with E-state index in [2.05, 4.69) is 15.5 Å². The van der Waals surface area contributed by atoms with Crippen LogP contribution in [0.15, 0.2) is 46.2 Å². The maximum atomic E-state index is 12.3. The van der Waals surface area contributed by atoms with Gasteiger partial charge in [0.05, 0.1) is 24.6 Å². The summed E-state index contributed by atoms with van der Waals surface area (Å²) in [5, 5.41) is 13.0. The summed E-state index contributed by atoms with van der Waals surface area (Å²) in [6.07, 6.45) is 0. The van der Waals surface area contributed by atoms with Crippen molar-refractivity contribution in [3.05, 3.63) is 47.7 Å². The molecule has 1 aromatic carbocycles. The highest BCUT2D eigenvalue weighted by Gasteiger charge is 2.21. The van der Waals surface area contributed by atoms with Crippen molar-refractivity contribution in [3.8, 4) is 16.5 Å². The topological polar surface area (TPSA) is 80.5 Å². The minimum absolute atomic E-state index is 0.123. The molecule has 2 heterocycles. The number of nitrogens with zero attached hydrogens (tertiary/aromatic N) is 3. The van der Waals surface area contributed by atoms with E-state index in [1.807, 2.05) is 36.4 Å². The molecule has 1 unspecified atom stereocenters. The number of nitrogens with one attached hydrogen (secondary N) is 1.